The van der Waals surface area contributed by atoms with Gasteiger partial charge in [-0.15, -0.1) is 0 Å². The first-order valence-electron chi connectivity index (χ1n) is 6.60. The molecule has 1 N–H and O–H groups in total. The van der Waals surface area contributed by atoms with E-state index in [4.69, 9.17) is 5.11 Å². The van der Waals surface area contributed by atoms with Gasteiger partial charge in [-0.2, -0.15) is 0 Å². The van der Waals surface area contributed by atoms with E-state index < -0.39 is 12.0 Å². The highest BCUT2D eigenvalue weighted by Gasteiger charge is 2.25. The Kier molecular flexibility index (Phi) is 5.12. The van der Waals surface area contributed by atoms with Crippen LogP contribution in [-0.4, -0.2) is 53.1 Å². The monoisotopic (exact) mass is 344 g/mol. The van der Waals surface area contributed by atoms with E-state index in [1.165, 1.54) is 6.07 Å². The molecule has 0 spiro atoms. The topological polar surface area (TPSA) is 43.8 Å². The third-order valence-electron chi connectivity index (χ3n) is 3.71. The van der Waals surface area contributed by atoms with Crippen LogP contribution in [0.4, 0.5) is 4.39 Å². The number of halogens is 2. The molecule has 20 heavy (non-hydrogen) atoms. The summed E-state index contributed by atoms with van der Waals surface area (Å²) in [6.07, 6.45) is 0. The number of carbonyl (C=O) groups is 1. The van der Waals surface area contributed by atoms with Crippen LogP contribution in [0.15, 0.2) is 22.7 Å². The van der Waals surface area contributed by atoms with Crippen molar-refractivity contribution < 1.29 is 14.3 Å². The summed E-state index contributed by atoms with van der Waals surface area (Å²) >= 11 is 3.35. The van der Waals surface area contributed by atoms with E-state index in [0.29, 0.717) is 25.2 Å². The van der Waals surface area contributed by atoms with Crippen molar-refractivity contribution >= 4 is 21.9 Å². The van der Waals surface area contributed by atoms with Crippen molar-refractivity contribution in [1.82, 2.24) is 9.80 Å². The number of aliphatic carboxylic acids is 1. The van der Waals surface area contributed by atoms with E-state index in [0.717, 1.165) is 17.6 Å². The molecule has 1 fully saturated rings. The molecule has 1 saturated heterocycles. The number of carboxylic acids is 1. The van der Waals surface area contributed by atoms with Crippen LogP contribution in [0.25, 0.3) is 0 Å². The Morgan fingerprint density at radius 2 is 2.05 bits per heavy atom. The summed E-state index contributed by atoms with van der Waals surface area (Å²) in [5.41, 5.74) is 0.666. The van der Waals surface area contributed by atoms with Crippen LogP contribution < -0.4 is 0 Å². The Morgan fingerprint density at radius 1 is 1.40 bits per heavy atom. The third kappa shape index (κ3) is 3.77. The van der Waals surface area contributed by atoms with Gasteiger partial charge in [0.15, 0.2) is 0 Å². The Morgan fingerprint density at radius 3 is 2.65 bits per heavy atom. The summed E-state index contributed by atoms with van der Waals surface area (Å²) in [5.74, 6) is -0.994. The number of carboxylic acid groups (broad SMARTS) is 1. The van der Waals surface area contributed by atoms with Crippen LogP contribution in [-0.2, 0) is 11.3 Å². The second-order valence-corrected chi connectivity index (χ2v) is 5.98. The normalized spacial score (nSPS) is 18.9. The van der Waals surface area contributed by atoms with Gasteiger partial charge in [-0.05, 0) is 25.1 Å². The van der Waals surface area contributed by atoms with Gasteiger partial charge in [-0.3, -0.25) is 14.6 Å². The number of rotatable bonds is 4. The van der Waals surface area contributed by atoms with Crippen LogP contribution in [0, 0.1) is 5.82 Å². The van der Waals surface area contributed by atoms with Crippen molar-refractivity contribution in [2.24, 2.45) is 0 Å². The summed E-state index contributed by atoms with van der Waals surface area (Å²) < 4.78 is 14.6. The summed E-state index contributed by atoms with van der Waals surface area (Å²) in [5, 5.41) is 8.99. The van der Waals surface area contributed by atoms with Crippen LogP contribution in [0.3, 0.4) is 0 Å². The van der Waals surface area contributed by atoms with Crippen molar-refractivity contribution in [3.05, 3.63) is 34.1 Å². The summed E-state index contributed by atoms with van der Waals surface area (Å²) in [7, 11) is 0. The molecular weight excluding hydrogens is 327 g/mol. The third-order valence-corrected chi connectivity index (χ3v) is 4.21. The fraction of sp³-hybridized carbons (Fsp3) is 0.500. The molecule has 0 aromatic heterocycles. The van der Waals surface area contributed by atoms with E-state index in [1.807, 2.05) is 4.90 Å². The molecule has 0 bridgehead atoms. The first-order chi connectivity index (χ1) is 9.47. The van der Waals surface area contributed by atoms with Crippen LogP contribution >= 0.6 is 15.9 Å². The molecule has 110 valence electrons. The highest BCUT2D eigenvalue weighted by atomic mass is 79.9. The van der Waals surface area contributed by atoms with Gasteiger partial charge in [0.1, 0.15) is 11.9 Å². The Balaban J connectivity index is 1.91. The fourth-order valence-electron chi connectivity index (χ4n) is 2.37. The Hall–Kier alpha value is -0.980. The lowest BCUT2D eigenvalue weighted by atomic mass is 10.1. The minimum Gasteiger partial charge on any atom is -0.480 e. The zero-order valence-electron chi connectivity index (χ0n) is 11.4. The van der Waals surface area contributed by atoms with Gasteiger partial charge >= 0.3 is 5.97 Å². The second kappa shape index (κ2) is 6.65. The molecule has 1 aliphatic rings. The van der Waals surface area contributed by atoms with Crippen molar-refractivity contribution in [3.8, 4) is 0 Å². The molecule has 1 atom stereocenters. The molecule has 4 nitrogen and oxygen atoms in total. The van der Waals surface area contributed by atoms with Crippen molar-refractivity contribution in [1.29, 1.82) is 0 Å². The van der Waals surface area contributed by atoms with Gasteiger partial charge in [0.2, 0.25) is 0 Å². The minimum absolute atomic E-state index is 0.200. The molecule has 1 aromatic carbocycles. The predicted octanol–water partition coefficient (Wildman–Crippen LogP) is 2.18. The molecule has 1 unspecified atom stereocenters. The summed E-state index contributed by atoms with van der Waals surface area (Å²) in [6.45, 7) is 5.16. The first-order valence-corrected chi connectivity index (χ1v) is 7.40. The molecule has 0 saturated carbocycles. The predicted molar refractivity (Wildman–Crippen MR) is 78.0 cm³/mol. The Bertz CT molecular complexity index is 490. The number of hydrogen-bond acceptors (Lipinski definition) is 3. The van der Waals surface area contributed by atoms with E-state index in [1.54, 1.807) is 19.1 Å². The molecule has 0 radical (unpaired) electrons. The largest absolute Gasteiger partial charge is 0.480 e. The van der Waals surface area contributed by atoms with Gasteiger partial charge in [0, 0.05) is 42.8 Å². The van der Waals surface area contributed by atoms with Gasteiger partial charge in [-0.25, -0.2) is 4.39 Å². The van der Waals surface area contributed by atoms with Gasteiger partial charge in [-0.1, -0.05) is 15.9 Å². The fourth-order valence-corrected chi connectivity index (χ4v) is 2.78. The molecule has 6 heteroatoms. The summed E-state index contributed by atoms with van der Waals surface area (Å²) in [4.78, 5) is 15.0. The molecule has 2 rings (SSSR count). The van der Waals surface area contributed by atoms with Gasteiger partial charge in [0.25, 0.3) is 0 Å². The van der Waals surface area contributed by atoms with E-state index >= 15 is 0 Å². The maximum atomic E-state index is 13.7. The lowest BCUT2D eigenvalue weighted by molar-refractivity contribution is -0.143. The van der Waals surface area contributed by atoms with E-state index in [9.17, 15) is 9.18 Å². The first kappa shape index (κ1) is 15.4. The minimum atomic E-state index is -0.795. The van der Waals surface area contributed by atoms with E-state index in [-0.39, 0.29) is 5.82 Å². The molecule has 1 aliphatic heterocycles. The number of hydrogen-bond donors (Lipinski definition) is 1. The number of benzene rings is 1. The van der Waals surface area contributed by atoms with Crippen molar-refractivity contribution in [2.75, 3.05) is 26.2 Å². The SMILES string of the molecule is CC(C(=O)O)N1CCN(Cc2cc(Br)ccc2F)CC1. The lowest BCUT2D eigenvalue weighted by Crippen LogP contribution is -2.51. The molecule has 0 aliphatic carbocycles. The maximum Gasteiger partial charge on any atom is 0.320 e. The number of nitrogens with zero attached hydrogens (tertiary/aromatic N) is 2. The quantitative estimate of drug-likeness (QED) is 0.909. The molecule has 1 aromatic rings. The lowest BCUT2D eigenvalue weighted by Gasteiger charge is -2.36. The average molecular weight is 345 g/mol. The average Bonchev–Trinajstić information content (AvgIpc) is 2.43. The van der Waals surface area contributed by atoms with Crippen LogP contribution in [0.5, 0.6) is 0 Å². The second-order valence-electron chi connectivity index (χ2n) is 5.06. The highest BCUT2D eigenvalue weighted by Crippen LogP contribution is 2.18. The smallest absolute Gasteiger partial charge is 0.320 e. The van der Waals surface area contributed by atoms with Crippen molar-refractivity contribution in [3.63, 3.8) is 0 Å². The standard InChI is InChI=1S/C14H18BrFN2O2/c1-10(14(19)20)18-6-4-17(5-7-18)9-11-8-12(15)2-3-13(11)16/h2-3,8,10H,4-7,9H2,1H3,(H,19,20). The summed E-state index contributed by atoms with van der Waals surface area (Å²) in [6, 6.07) is 4.48. The van der Waals surface area contributed by atoms with Gasteiger partial charge < -0.3 is 5.11 Å². The molecule has 1 heterocycles. The Labute approximate surface area is 126 Å². The van der Waals surface area contributed by atoms with Crippen LogP contribution in [0.1, 0.15) is 12.5 Å². The zero-order chi connectivity index (χ0) is 14.7. The number of piperazine rings is 1. The maximum absolute atomic E-state index is 13.7. The van der Waals surface area contributed by atoms with E-state index in [2.05, 4.69) is 20.8 Å². The van der Waals surface area contributed by atoms with Gasteiger partial charge in [0.05, 0.1) is 0 Å². The molecule has 0 amide bonds. The molecular formula is C14H18BrFN2O2. The van der Waals surface area contributed by atoms with Crippen molar-refractivity contribution in [2.45, 2.75) is 19.5 Å². The van der Waals surface area contributed by atoms with Crippen LogP contribution in [0.2, 0.25) is 0 Å². The highest BCUT2D eigenvalue weighted by molar-refractivity contribution is 9.10. The zero-order valence-corrected chi connectivity index (χ0v) is 12.9.